The van der Waals surface area contributed by atoms with Crippen molar-refractivity contribution in [2.24, 2.45) is 7.05 Å². The van der Waals surface area contributed by atoms with E-state index in [2.05, 4.69) is 15.1 Å². The lowest BCUT2D eigenvalue weighted by Gasteiger charge is -2.24. The van der Waals surface area contributed by atoms with E-state index in [1.54, 1.807) is 10.7 Å². The molecule has 0 aliphatic carbocycles. The van der Waals surface area contributed by atoms with Gasteiger partial charge in [0.25, 0.3) is 0 Å². The zero-order valence-electron chi connectivity index (χ0n) is 13.5. The van der Waals surface area contributed by atoms with E-state index in [1.165, 1.54) is 6.20 Å². The van der Waals surface area contributed by atoms with E-state index in [1.807, 2.05) is 25.1 Å². The van der Waals surface area contributed by atoms with E-state index < -0.39 is 0 Å². The Kier molecular flexibility index (Phi) is 4.27. The lowest BCUT2D eigenvalue weighted by molar-refractivity contribution is -0.132. The van der Waals surface area contributed by atoms with E-state index in [9.17, 15) is 9.59 Å². The van der Waals surface area contributed by atoms with Crippen LogP contribution in [0.3, 0.4) is 0 Å². The molecule has 7 nitrogen and oxygen atoms in total. The molecular weight excluding hydrogens is 294 g/mol. The second kappa shape index (κ2) is 6.36. The summed E-state index contributed by atoms with van der Waals surface area (Å²) in [6.45, 7) is 2.69. The van der Waals surface area contributed by atoms with Crippen LogP contribution in [0.15, 0.2) is 23.3 Å². The number of aromatic nitrogens is 4. The predicted octanol–water partition coefficient (Wildman–Crippen LogP) is 1.11. The Morgan fingerprint density at radius 3 is 3.00 bits per heavy atom. The van der Waals surface area contributed by atoms with Crippen molar-refractivity contribution in [2.45, 2.75) is 38.6 Å². The average Bonchev–Trinajstić information content (AvgIpc) is 3.11. The molecule has 7 heteroatoms. The highest BCUT2D eigenvalue weighted by Gasteiger charge is 2.30. The van der Waals surface area contributed by atoms with Gasteiger partial charge in [-0.3, -0.25) is 9.48 Å². The lowest BCUT2D eigenvalue weighted by atomic mass is 10.1. The van der Waals surface area contributed by atoms with Crippen LogP contribution in [0.5, 0.6) is 0 Å². The number of nitrogens with one attached hydrogen (secondary N) is 1. The number of amides is 1. The van der Waals surface area contributed by atoms with Gasteiger partial charge in [-0.15, -0.1) is 0 Å². The molecule has 2 aromatic heterocycles. The highest BCUT2D eigenvalue weighted by atomic mass is 16.2. The van der Waals surface area contributed by atoms with Gasteiger partial charge >= 0.3 is 5.69 Å². The molecule has 0 bridgehead atoms. The van der Waals surface area contributed by atoms with E-state index in [0.29, 0.717) is 12.8 Å². The van der Waals surface area contributed by atoms with Crippen molar-refractivity contribution in [3.05, 3.63) is 45.9 Å². The van der Waals surface area contributed by atoms with Gasteiger partial charge in [0, 0.05) is 38.1 Å². The summed E-state index contributed by atoms with van der Waals surface area (Å²) in [7, 11) is 1.88. The van der Waals surface area contributed by atoms with Crippen LogP contribution in [0, 0.1) is 6.92 Å². The van der Waals surface area contributed by atoms with Crippen molar-refractivity contribution >= 4 is 5.91 Å². The minimum atomic E-state index is -0.368. The van der Waals surface area contributed by atoms with Crippen molar-refractivity contribution in [3.63, 3.8) is 0 Å². The number of aryl methyl sites for hydroxylation is 3. The fraction of sp³-hybridized carbons (Fsp3) is 0.500. The third kappa shape index (κ3) is 3.33. The second-order valence-electron chi connectivity index (χ2n) is 5.99. The molecule has 1 aliphatic rings. The topological polar surface area (TPSA) is 83.9 Å². The maximum atomic E-state index is 12.6. The van der Waals surface area contributed by atoms with Crippen LogP contribution in [-0.4, -0.2) is 37.1 Å². The first kappa shape index (κ1) is 15.5. The van der Waals surface area contributed by atoms with E-state index in [4.69, 9.17) is 0 Å². The summed E-state index contributed by atoms with van der Waals surface area (Å²) in [6, 6.07) is 1.73. The van der Waals surface area contributed by atoms with Crippen LogP contribution in [-0.2, 0) is 18.3 Å². The number of likely N-dealkylation sites (tertiary alicyclic amines) is 1. The molecule has 0 aromatic carbocycles. The number of hydrogen-bond acceptors (Lipinski definition) is 4. The molecule has 1 N–H and O–H groups in total. The Hall–Kier alpha value is -2.44. The molecule has 3 heterocycles. The Balaban J connectivity index is 1.68. The summed E-state index contributed by atoms with van der Waals surface area (Å²) in [5, 5.41) is 4.30. The minimum absolute atomic E-state index is 0.0480. The first-order chi connectivity index (χ1) is 11.0. The molecule has 3 rings (SSSR count). The number of hydrogen-bond donors (Lipinski definition) is 1. The average molecular weight is 315 g/mol. The maximum Gasteiger partial charge on any atom is 0.345 e. The van der Waals surface area contributed by atoms with Crippen LogP contribution >= 0.6 is 0 Å². The standard InChI is InChI=1S/C16H21N5O2/c1-11-12(10-20(2)19-11)5-6-15(22)21-9-3-4-14(21)13-7-8-17-16(23)18-13/h7-8,10,14H,3-6,9H2,1-2H3,(H,17,18,23)/t14-/m1/s1. The second-order valence-corrected chi connectivity index (χ2v) is 5.99. The van der Waals surface area contributed by atoms with Gasteiger partial charge in [0.05, 0.1) is 11.7 Å². The van der Waals surface area contributed by atoms with E-state index in [0.717, 1.165) is 36.3 Å². The molecular formula is C16H21N5O2. The first-order valence-electron chi connectivity index (χ1n) is 7.88. The van der Waals surface area contributed by atoms with Gasteiger partial charge in [0.2, 0.25) is 5.91 Å². The summed E-state index contributed by atoms with van der Waals surface area (Å²) in [6.07, 6.45) is 6.43. The van der Waals surface area contributed by atoms with Crippen molar-refractivity contribution in [2.75, 3.05) is 6.54 Å². The Morgan fingerprint density at radius 2 is 2.30 bits per heavy atom. The van der Waals surface area contributed by atoms with Crippen molar-refractivity contribution in [1.29, 1.82) is 0 Å². The lowest BCUT2D eigenvalue weighted by Crippen LogP contribution is -2.32. The van der Waals surface area contributed by atoms with Crippen molar-refractivity contribution < 1.29 is 4.79 Å². The van der Waals surface area contributed by atoms with Crippen molar-refractivity contribution in [1.82, 2.24) is 24.6 Å². The number of carbonyl (C=O) groups is 1. The number of rotatable bonds is 4. The largest absolute Gasteiger partial charge is 0.345 e. The quantitative estimate of drug-likeness (QED) is 0.916. The molecule has 1 atom stereocenters. The summed E-state index contributed by atoms with van der Waals surface area (Å²) in [5.74, 6) is 0.119. The fourth-order valence-corrected chi connectivity index (χ4v) is 3.24. The minimum Gasteiger partial charge on any atom is -0.334 e. The van der Waals surface area contributed by atoms with Crippen LogP contribution in [0.4, 0.5) is 0 Å². The molecule has 0 unspecified atom stereocenters. The number of nitrogens with zero attached hydrogens (tertiary/aromatic N) is 4. The van der Waals surface area contributed by atoms with E-state index >= 15 is 0 Å². The highest BCUT2D eigenvalue weighted by Crippen LogP contribution is 2.30. The SMILES string of the molecule is Cc1nn(C)cc1CCC(=O)N1CCC[C@@H]1c1ccnc(=O)[nH]1. The van der Waals surface area contributed by atoms with E-state index in [-0.39, 0.29) is 17.6 Å². The molecule has 1 saturated heterocycles. The van der Waals surface area contributed by atoms with Gasteiger partial charge in [-0.1, -0.05) is 0 Å². The zero-order chi connectivity index (χ0) is 16.4. The molecule has 0 saturated carbocycles. The van der Waals surface area contributed by atoms with Gasteiger partial charge in [-0.2, -0.15) is 5.10 Å². The first-order valence-corrected chi connectivity index (χ1v) is 7.88. The third-order valence-corrected chi connectivity index (χ3v) is 4.35. The summed E-state index contributed by atoms with van der Waals surface area (Å²) >= 11 is 0. The van der Waals surface area contributed by atoms with Crippen LogP contribution in [0.25, 0.3) is 0 Å². The van der Waals surface area contributed by atoms with Gasteiger partial charge in [0.15, 0.2) is 0 Å². The Labute approximate surface area is 134 Å². The number of aromatic amines is 1. The van der Waals surface area contributed by atoms with Crippen LogP contribution in [0.2, 0.25) is 0 Å². The molecule has 0 radical (unpaired) electrons. The molecule has 122 valence electrons. The molecule has 1 fully saturated rings. The Morgan fingerprint density at radius 1 is 1.48 bits per heavy atom. The zero-order valence-corrected chi connectivity index (χ0v) is 13.5. The monoisotopic (exact) mass is 315 g/mol. The summed E-state index contributed by atoms with van der Waals surface area (Å²) in [5.41, 5.74) is 2.48. The van der Waals surface area contributed by atoms with Gasteiger partial charge < -0.3 is 9.88 Å². The summed E-state index contributed by atoms with van der Waals surface area (Å²) in [4.78, 5) is 32.3. The van der Waals surface area contributed by atoms with Crippen LogP contribution < -0.4 is 5.69 Å². The normalized spacial score (nSPS) is 17.7. The Bertz CT molecular complexity index is 764. The highest BCUT2D eigenvalue weighted by molar-refractivity contribution is 5.77. The fourth-order valence-electron chi connectivity index (χ4n) is 3.24. The van der Waals surface area contributed by atoms with Crippen molar-refractivity contribution in [3.8, 4) is 0 Å². The molecule has 1 amide bonds. The smallest absolute Gasteiger partial charge is 0.334 e. The molecule has 23 heavy (non-hydrogen) atoms. The number of carbonyl (C=O) groups excluding carboxylic acids is 1. The van der Waals surface area contributed by atoms with Crippen LogP contribution in [0.1, 0.15) is 42.3 Å². The maximum absolute atomic E-state index is 12.6. The van der Waals surface area contributed by atoms with Gasteiger partial charge in [-0.05, 0) is 37.8 Å². The van der Waals surface area contributed by atoms with Gasteiger partial charge in [-0.25, -0.2) is 9.78 Å². The molecule has 1 aliphatic heterocycles. The molecule has 0 spiro atoms. The molecule has 2 aromatic rings. The predicted molar refractivity (Wildman–Crippen MR) is 84.8 cm³/mol. The summed E-state index contributed by atoms with van der Waals surface area (Å²) < 4.78 is 1.77. The number of H-pyrrole nitrogens is 1. The third-order valence-electron chi connectivity index (χ3n) is 4.35. The van der Waals surface area contributed by atoms with Gasteiger partial charge in [0.1, 0.15) is 0 Å².